The number of rotatable bonds is 3. The van der Waals surface area contributed by atoms with E-state index >= 15 is 0 Å². The van der Waals surface area contributed by atoms with E-state index < -0.39 is 0 Å². The van der Waals surface area contributed by atoms with Crippen LogP contribution in [0, 0.1) is 0 Å². The molecule has 0 unspecified atom stereocenters. The van der Waals surface area contributed by atoms with E-state index in [0.29, 0.717) is 5.95 Å². The monoisotopic (exact) mass is 537 g/mol. The molecule has 4 heteroatoms. The highest BCUT2D eigenvalue weighted by Gasteiger charge is 2.18. The number of nitrogens with zero attached hydrogens (tertiary/aromatic N) is 3. The van der Waals surface area contributed by atoms with Crippen LogP contribution in [0.3, 0.4) is 0 Å². The highest BCUT2D eigenvalue weighted by Crippen LogP contribution is 2.38. The molecular weight excluding hydrogens is 514 g/mol. The zero-order chi connectivity index (χ0) is 27.6. The smallest absolute Gasteiger partial charge is 0.235 e. The van der Waals surface area contributed by atoms with Gasteiger partial charge in [0, 0.05) is 33.3 Å². The first-order valence-corrected chi connectivity index (χ1v) is 14.1. The molecule has 3 heterocycles. The summed E-state index contributed by atoms with van der Waals surface area (Å²) in [5, 5.41) is 6.94. The third-order valence-corrected chi connectivity index (χ3v) is 8.26. The number of benzene rings is 6. The van der Waals surface area contributed by atoms with E-state index in [1.807, 2.05) is 18.3 Å². The Labute approximate surface area is 241 Å². The molecule has 4 nitrogen and oxygen atoms in total. The van der Waals surface area contributed by atoms with E-state index in [-0.39, 0.29) is 0 Å². The molecule has 9 rings (SSSR count). The van der Waals surface area contributed by atoms with Crippen LogP contribution >= 0.6 is 0 Å². The Hall–Kier alpha value is -5.74. The Morgan fingerprint density at radius 1 is 0.524 bits per heavy atom. The van der Waals surface area contributed by atoms with Gasteiger partial charge in [0.05, 0.1) is 16.7 Å². The lowest BCUT2D eigenvalue weighted by molar-refractivity contribution is 0.670. The molecule has 196 valence electrons. The largest absolute Gasteiger partial charge is 0.455 e. The second-order valence-electron chi connectivity index (χ2n) is 10.7. The minimum atomic E-state index is 0.633. The second kappa shape index (κ2) is 8.88. The van der Waals surface area contributed by atoms with Gasteiger partial charge in [-0.3, -0.25) is 4.57 Å². The van der Waals surface area contributed by atoms with Crippen LogP contribution in [-0.4, -0.2) is 14.5 Å². The van der Waals surface area contributed by atoms with E-state index in [4.69, 9.17) is 14.4 Å². The fourth-order valence-corrected chi connectivity index (χ4v) is 6.29. The van der Waals surface area contributed by atoms with E-state index in [2.05, 4.69) is 126 Å². The van der Waals surface area contributed by atoms with Gasteiger partial charge in [-0.15, -0.1) is 0 Å². The molecule has 0 saturated heterocycles. The van der Waals surface area contributed by atoms with Crippen molar-refractivity contribution in [2.75, 3.05) is 0 Å². The van der Waals surface area contributed by atoms with Crippen LogP contribution in [0.2, 0.25) is 0 Å². The third kappa shape index (κ3) is 3.42. The fourth-order valence-electron chi connectivity index (χ4n) is 6.29. The van der Waals surface area contributed by atoms with Gasteiger partial charge in [0.1, 0.15) is 11.2 Å². The van der Waals surface area contributed by atoms with Crippen LogP contribution < -0.4 is 0 Å². The normalized spacial score (nSPS) is 11.8. The van der Waals surface area contributed by atoms with E-state index in [1.165, 1.54) is 32.7 Å². The number of para-hydroxylation sites is 2. The molecule has 0 aliphatic carbocycles. The molecule has 0 fully saturated rings. The molecule has 0 N–H and O–H groups in total. The molecule has 0 aliphatic heterocycles. The highest BCUT2D eigenvalue weighted by atomic mass is 16.3. The number of fused-ring (bicyclic) bond motifs is 7. The van der Waals surface area contributed by atoms with Gasteiger partial charge in [-0.1, -0.05) is 91.0 Å². The first kappa shape index (κ1) is 23.0. The van der Waals surface area contributed by atoms with Gasteiger partial charge < -0.3 is 4.42 Å². The maximum atomic E-state index is 6.48. The van der Waals surface area contributed by atoms with Gasteiger partial charge in [0.25, 0.3) is 0 Å². The van der Waals surface area contributed by atoms with Gasteiger partial charge in [-0.2, -0.15) is 0 Å². The number of hydrogen-bond acceptors (Lipinski definition) is 3. The van der Waals surface area contributed by atoms with Gasteiger partial charge in [-0.25, -0.2) is 9.97 Å². The summed E-state index contributed by atoms with van der Waals surface area (Å²) in [5.41, 5.74) is 7.97. The second-order valence-corrected chi connectivity index (χ2v) is 10.7. The molecule has 0 aliphatic rings. The SMILES string of the molecule is c1ccc(-c2ccc3oc4c(-c5ccnc(-n6c7ccccc7c7cc8ccccc8cc76)n5)cccc4c3c2)cc1. The minimum Gasteiger partial charge on any atom is -0.455 e. The fraction of sp³-hybridized carbons (Fsp3) is 0. The average Bonchev–Trinajstić information content (AvgIpc) is 3.59. The number of aromatic nitrogens is 3. The molecule has 0 saturated carbocycles. The van der Waals surface area contributed by atoms with Gasteiger partial charge >= 0.3 is 0 Å². The quantitative estimate of drug-likeness (QED) is 0.225. The van der Waals surface area contributed by atoms with E-state index in [0.717, 1.165) is 44.2 Å². The summed E-state index contributed by atoms with van der Waals surface area (Å²) in [6.45, 7) is 0. The van der Waals surface area contributed by atoms with E-state index in [9.17, 15) is 0 Å². The predicted molar refractivity (Wildman–Crippen MR) is 172 cm³/mol. The lowest BCUT2D eigenvalue weighted by atomic mass is 10.0. The summed E-state index contributed by atoms with van der Waals surface area (Å²) in [4.78, 5) is 9.92. The summed E-state index contributed by atoms with van der Waals surface area (Å²) in [6.07, 6.45) is 1.84. The summed E-state index contributed by atoms with van der Waals surface area (Å²) in [5.74, 6) is 0.633. The van der Waals surface area contributed by atoms with Crippen LogP contribution in [0.4, 0.5) is 0 Å². The zero-order valence-corrected chi connectivity index (χ0v) is 22.5. The summed E-state index contributed by atoms with van der Waals surface area (Å²) >= 11 is 0. The summed E-state index contributed by atoms with van der Waals surface area (Å²) in [6, 6.07) is 46.5. The van der Waals surface area contributed by atoms with Crippen molar-refractivity contribution in [3.63, 3.8) is 0 Å². The molecule has 6 aromatic carbocycles. The average molecular weight is 538 g/mol. The number of furan rings is 1. The van der Waals surface area contributed by atoms with Crippen LogP contribution in [0.5, 0.6) is 0 Å². The zero-order valence-electron chi connectivity index (χ0n) is 22.5. The van der Waals surface area contributed by atoms with Crippen molar-refractivity contribution in [1.29, 1.82) is 0 Å². The lowest BCUT2D eigenvalue weighted by Gasteiger charge is -2.09. The topological polar surface area (TPSA) is 43.9 Å². The third-order valence-electron chi connectivity index (χ3n) is 8.26. The summed E-state index contributed by atoms with van der Waals surface area (Å²) in [7, 11) is 0. The van der Waals surface area contributed by atoms with Crippen molar-refractivity contribution in [3.8, 4) is 28.3 Å². The Morgan fingerprint density at radius 3 is 2.21 bits per heavy atom. The summed E-state index contributed by atoms with van der Waals surface area (Å²) < 4.78 is 8.65. The van der Waals surface area contributed by atoms with Crippen molar-refractivity contribution in [2.45, 2.75) is 0 Å². The van der Waals surface area contributed by atoms with Gasteiger partial charge in [0.15, 0.2) is 0 Å². The molecule has 3 aromatic heterocycles. The predicted octanol–water partition coefficient (Wildman–Crippen LogP) is 9.96. The molecule has 0 amide bonds. The standard InChI is InChI=1S/C38H23N3O/c1-2-9-24(10-3-1)27-17-18-36-32(22-27)29-14-8-15-30(37(29)42-36)33-19-20-39-38(40-33)41-34-16-7-6-13-28(34)31-21-25-11-4-5-12-26(25)23-35(31)41/h1-23H. The molecule has 0 spiro atoms. The Morgan fingerprint density at radius 2 is 1.31 bits per heavy atom. The van der Waals surface area contributed by atoms with Gasteiger partial charge in [0.2, 0.25) is 5.95 Å². The van der Waals surface area contributed by atoms with Crippen molar-refractivity contribution in [1.82, 2.24) is 14.5 Å². The first-order valence-electron chi connectivity index (χ1n) is 14.1. The van der Waals surface area contributed by atoms with Crippen molar-refractivity contribution in [2.24, 2.45) is 0 Å². The molecular formula is C38H23N3O. The van der Waals surface area contributed by atoms with Gasteiger partial charge in [-0.05, 0) is 64.4 Å². The van der Waals surface area contributed by atoms with Crippen molar-refractivity contribution in [3.05, 3.63) is 140 Å². The lowest BCUT2D eigenvalue weighted by Crippen LogP contribution is -2.01. The van der Waals surface area contributed by atoms with Crippen LogP contribution in [0.15, 0.2) is 144 Å². The maximum Gasteiger partial charge on any atom is 0.235 e. The Kier molecular flexibility index (Phi) is 4.87. The van der Waals surface area contributed by atoms with Crippen molar-refractivity contribution >= 4 is 54.5 Å². The molecule has 42 heavy (non-hydrogen) atoms. The molecule has 0 radical (unpaired) electrons. The Balaban J connectivity index is 1.25. The molecule has 0 atom stereocenters. The molecule has 9 aromatic rings. The van der Waals surface area contributed by atoms with Crippen LogP contribution in [-0.2, 0) is 0 Å². The highest BCUT2D eigenvalue weighted by molar-refractivity contribution is 6.13. The molecule has 0 bridgehead atoms. The van der Waals surface area contributed by atoms with Crippen LogP contribution in [0.25, 0.3) is 82.8 Å². The maximum absolute atomic E-state index is 6.48. The van der Waals surface area contributed by atoms with Crippen LogP contribution in [0.1, 0.15) is 0 Å². The Bertz CT molecular complexity index is 2470. The first-order chi connectivity index (χ1) is 20.8. The number of hydrogen-bond donors (Lipinski definition) is 0. The van der Waals surface area contributed by atoms with Crippen molar-refractivity contribution < 1.29 is 4.42 Å². The minimum absolute atomic E-state index is 0.633. The van der Waals surface area contributed by atoms with E-state index in [1.54, 1.807) is 0 Å².